The fraction of sp³-hybridized carbons (Fsp3) is 0.478. The summed E-state index contributed by atoms with van der Waals surface area (Å²) in [5.41, 5.74) is 1.37. The van der Waals surface area contributed by atoms with Crippen molar-refractivity contribution >= 4 is 34.5 Å². The third-order valence-corrected chi connectivity index (χ3v) is 7.43. The molecule has 3 aromatic heterocycles. The number of H-pyrrole nitrogens is 1. The molecule has 2 amide bonds. The lowest BCUT2D eigenvalue weighted by molar-refractivity contribution is 0.0519. The minimum Gasteiger partial charge on any atom is -0.378 e. The topological polar surface area (TPSA) is 108 Å². The molecule has 2 aliphatic carbocycles. The molecule has 9 nitrogen and oxygen atoms in total. The first-order valence-corrected chi connectivity index (χ1v) is 12.0. The smallest absolute Gasteiger partial charge is 0.317 e. The van der Waals surface area contributed by atoms with Gasteiger partial charge in [0.25, 0.3) is 0 Å². The van der Waals surface area contributed by atoms with Gasteiger partial charge < -0.3 is 25.3 Å². The first kappa shape index (κ1) is 21.5. The molecule has 3 fully saturated rings. The van der Waals surface area contributed by atoms with E-state index in [2.05, 4.69) is 30.6 Å². The molecule has 0 aromatic carbocycles. The van der Waals surface area contributed by atoms with E-state index >= 15 is 0 Å². The normalized spacial score (nSPS) is 26.2. The van der Waals surface area contributed by atoms with Gasteiger partial charge in [-0.2, -0.15) is 0 Å². The van der Waals surface area contributed by atoms with Gasteiger partial charge in [0, 0.05) is 48.5 Å². The molecular weight excluding hydrogens is 461 g/mol. The van der Waals surface area contributed by atoms with Crippen molar-refractivity contribution in [2.75, 3.05) is 31.6 Å². The zero-order chi connectivity index (χ0) is 23.2. The van der Waals surface area contributed by atoms with Crippen molar-refractivity contribution in [3.05, 3.63) is 35.5 Å². The standard InChI is InChI=1S/C23H25ClFN7O2/c24-13-8-14-16(10-27-20(14)26-9-13)21-28-11-17(25)22(31-21)29-18-6-12-5-15(18)19(7-12)30-23(33)32-1-3-34-4-2-32/h8-12,15,18-19H,1-7H2,(H,26,27)(H,30,33)(H,28,29,31). The minimum absolute atomic E-state index is 0.0325. The molecule has 0 radical (unpaired) electrons. The number of fused-ring (bicyclic) bond motifs is 3. The highest BCUT2D eigenvalue weighted by Crippen LogP contribution is 2.46. The first-order chi connectivity index (χ1) is 16.5. The molecule has 4 atom stereocenters. The number of urea groups is 1. The molecule has 11 heteroatoms. The summed E-state index contributed by atoms with van der Waals surface area (Å²) in [7, 11) is 0. The second kappa shape index (κ2) is 8.66. The van der Waals surface area contributed by atoms with Crippen LogP contribution in [-0.2, 0) is 4.74 Å². The van der Waals surface area contributed by atoms with Crippen LogP contribution in [0.15, 0.2) is 24.7 Å². The van der Waals surface area contributed by atoms with Gasteiger partial charge in [-0.25, -0.2) is 24.1 Å². The van der Waals surface area contributed by atoms with Gasteiger partial charge in [-0.3, -0.25) is 0 Å². The lowest BCUT2D eigenvalue weighted by Crippen LogP contribution is -2.52. The zero-order valence-electron chi connectivity index (χ0n) is 18.4. The summed E-state index contributed by atoms with van der Waals surface area (Å²) >= 11 is 6.11. The molecule has 34 heavy (non-hydrogen) atoms. The summed E-state index contributed by atoms with van der Waals surface area (Å²) in [5.74, 6) is 0.786. The maximum Gasteiger partial charge on any atom is 0.317 e. The number of pyridine rings is 1. The first-order valence-electron chi connectivity index (χ1n) is 11.6. The van der Waals surface area contributed by atoms with Gasteiger partial charge in [0.05, 0.1) is 24.4 Å². The highest BCUT2D eigenvalue weighted by molar-refractivity contribution is 6.31. The summed E-state index contributed by atoms with van der Waals surface area (Å²) in [4.78, 5) is 30.5. The number of nitrogens with zero attached hydrogens (tertiary/aromatic N) is 4. The van der Waals surface area contributed by atoms with Crippen molar-refractivity contribution < 1.29 is 13.9 Å². The number of aromatic nitrogens is 4. The Bertz CT molecular complexity index is 1230. The fourth-order valence-corrected chi connectivity index (χ4v) is 5.79. The number of rotatable bonds is 4. The lowest BCUT2D eigenvalue weighted by atomic mass is 9.90. The average Bonchev–Trinajstić information content (AvgIpc) is 3.55. The monoisotopic (exact) mass is 485 g/mol. The van der Waals surface area contributed by atoms with Crippen molar-refractivity contribution in [3.8, 4) is 11.4 Å². The third kappa shape index (κ3) is 3.94. The highest BCUT2D eigenvalue weighted by Gasteiger charge is 2.47. The predicted molar refractivity (Wildman–Crippen MR) is 125 cm³/mol. The van der Waals surface area contributed by atoms with Crippen LogP contribution in [0.25, 0.3) is 22.4 Å². The summed E-state index contributed by atoms with van der Waals surface area (Å²) < 4.78 is 20.1. The number of nitrogens with one attached hydrogen (secondary N) is 3. The van der Waals surface area contributed by atoms with E-state index in [1.807, 2.05) is 0 Å². The maximum absolute atomic E-state index is 14.7. The summed E-state index contributed by atoms with van der Waals surface area (Å²) in [5, 5.41) is 7.81. The predicted octanol–water partition coefficient (Wildman–Crippen LogP) is 3.43. The van der Waals surface area contributed by atoms with Crippen LogP contribution in [-0.4, -0.2) is 69.3 Å². The fourth-order valence-electron chi connectivity index (χ4n) is 5.64. The highest BCUT2D eigenvalue weighted by atomic mass is 35.5. The Morgan fingerprint density at radius 2 is 2.00 bits per heavy atom. The minimum atomic E-state index is -0.503. The lowest BCUT2D eigenvalue weighted by Gasteiger charge is -2.34. The number of amides is 2. The molecule has 3 aliphatic rings. The number of hydrogen-bond acceptors (Lipinski definition) is 6. The number of morpholine rings is 1. The molecule has 2 bridgehead atoms. The number of carbonyl (C=O) groups is 1. The summed E-state index contributed by atoms with van der Waals surface area (Å²) in [6.07, 6.45) is 7.40. The van der Waals surface area contributed by atoms with Crippen LogP contribution in [0.2, 0.25) is 5.02 Å². The second-order valence-electron chi connectivity index (χ2n) is 9.29. The van der Waals surface area contributed by atoms with Crippen LogP contribution < -0.4 is 10.6 Å². The number of carbonyl (C=O) groups excluding carboxylic acids is 1. The van der Waals surface area contributed by atoms with E-state index in [0.717, 1.165) is 24.6 Å². The third-order valence-electron chi connectivity index (χ3n) is 7.23. The van der Waals surface area contributed by atoms with E-state index in [-0.39, 0.29) is 29.9 Å². The van der Waals surface area contributed by atoms with E-state index in [1.165, 1.54) is 6.20 Å². The average molecular weight is 486 g/mol. The summed E-state index contributed by atoms with van der Waals surface area (Å²) in [6, 6.07) is 1.84. The second-order valence-corrected chi connectivity index (χ2v) is 9.72. The Hall–Kier alpha value is -2.98. The molecule has 3 aromatic rings. The van der Waals surface area contributed by atoms with Crippen LogP contribution in [0, 0.1) is 17.7 Å². The number of ether oxygens (including phenoxy) is 1. The molecular formula is C23H25ClFN7O2. The molecule has 178 valence electrons. The van der Waals surface area contributed by atoms with E-state index in [0.29, 0.717) is 54.3 Å². The Morgan fingerprint density at radius 3 is 2.82 bits per heavy atom. The molecule has 3 N–H and O–H groups in total. The van der Waals surface area contributed by atoms with Gasteiger partial charge in [-0.15, -0.1) is 0 Å². The van der Waals surface area contributed by atoms with Gasteiger partial charge in [0.2, 0.25) is 0 Å². The Morgan fingerprint density at radius 1 is 1.18 bits per heavy atom. The molecule has 4 unspecified atom stereocenters. The van der Waals surface area contributed by atoms with Crippen LogP contribution in [0.4, 0.5) is 15.0 Å². The van der Waals surface area contributed by atoms with Gasteiger partial charge in [-0.1, -0.05) is 11.6 Å². The Labute approximate surface area is 200 Å². The Kier molecular flexibility index (Phi) is 5.49. The molecule has 1 saturated heterocycles. The molecule has 0 spiro atoms. The number of hydrogen-bond donors (Lipinski definition) is 3. The molecule has 4 heterocycles. The number of halogens is 2. The Balaban J connectivity index is 1.19. The van der Waals surface area contributed by atoms with Crippen molar-refractivity contribution in [1.82, 2.24) is 30.2 Å². The number of anilines is 1. The molecule has 2 saturated carbocycles. The van der Waals surface area contributed by atoms with E-state index in [9.17, 15) is 9.18 Å². The van der Waals surface area contributed by atoms with Gasteiger partial charge in [0.1, 0.15) is 5.65 Å². The summed E-state index contributed by atoms with van der Waals surface area (Å²) in [6.45, 7) is 2.36. The largest absolute Gasteiger partial charge is 0.378 e. The van der Waals surface area contributed by atoms with E-state index in [4.69, 9.17) is 16.3 Å². The number of aromatic amines is 1. The van der Waals surface area contributed by atoms with E-state index < -0.39 is 5.82 Å². The van der Waals surface area contributed by atoms with Crippen LogP contribution in [0.3, 0.4) is 0 Å². The van der Waals surface area contributed by atoms with E-state index in [1.54, 1.807) is 23.4 Å². The van der Waals surface area contributed by atoms with Gasteiger partial charge >= 0.3 is 6.03 Å². The zero-order valence-corrected chi connectivity index (χ0v) is 19.2. The van der Waals surface area contributed by atoms with Crippen molar-refractivity contribution in [2.24, 2.45) is 11.8 Å². The van der Waals surface area contributed by atoms with Crippen molar-refractivity contribution in [1.29, 1.82) is 0 Å². The molecule has 1 aliphatic heterocycles. The van der Waals surface area contributed by atoms with Crippen LogP contribution >= 0.6 is 11.6 Å². The van der Waals surface area contributed by atoms with Crippen molar-refractivity contribution in [3.63, 3.8) is 0 Å². The van der Waals surface area contributed by atoms with Crippen LogP contribution in [0.1, 0.15) is 19.3 Å². The van der Waals surface area contributed by atoms with Crippen LogP contribution in [0.5, 0.6) is 0 Å². The van der Waals surface area contributed by atoms with Gasteiger partial charge in [0.15, 0.2) is 17.5 Å². The SMILES string of the molecule is O=C(NC1CC2CC(Nc3nc(-c4c[nH]c5ncc(Cl)cc45)ncc3F)C1C2)N1CCOCC1. The van der Waals surface area contributed by atoms with Gasteiger partial charge in [-0.05, 0) is 37.2 Å². The van der Waals surface area contributed by atoms with Crippen molar-refractivity contribution in [2.45, 2.75) is 31.3 Å². The quantitative estimate of drug-likeness (QED) is 0.522. The molecule has 6 rings (SSSR count). The maximum atomic E-state index is 14.7.